The zero-order valence-electron chi connectivity index (χ0n) is 13.1. The van der Waals surface area contributed by atoms with Gasteiger partial charge in [-0.2, -0.15) is 5.10 Å². The lowest BCUT2D eigenvalue weighted by Gasteiger charge is -2.39. The zero-order chi connectivity index (χ0) is 15.0. The van der Waals surface area contributed by atoms with Gasteiger partial charge in [0.1, 0.15) is 5.60 Å². The molecule has 0 spiro atoms. The van der Waals surface area contributed by atoms with Crippen molar-refractivity contribution < 1.29 is 9.53 Å². The maximum Gasteiger partial charge on any atom is 0.410 e. The minimum Gasteiger partial charge on any atom is -0.444 e. The van der Waals surface area contributed by atoms with Crippen LogP contribution in [0.25, 0.3) is 0 Å². The number of piperidine rings is 1. The van der Waals surface area contributed by atoms with Crippen molar-refractivity contribution in [3.8, 4) is 0 Å². The molecule has 1 aromatic heterocycles. The van der Waals surface area contributed by atoms with Gasteiger partial charge in [-0.1, -0.05) is 6.92 Å². The first-order valence-electron chi connectivity index (χ1n) is 7.18. The molecule has 1 amide bonds. The smallest absolute Gasteiger partial charge is 0.410 e. The molecule has 0 radical (unpaired) electrons. The molecule has 0 aromatic carbocycles. The zero-order valence-corrected chi connectivity index (χ0v) is 13.1. The summed E-state index contributed by atoms with van der Waals surface area (Å²) < 4.78 is 7.36. The molecule has 1 aromatic rings. The van der Waals surface area contributed by atoms with E-state index in [1.54, 1.807) is 0 Å². The predicted octanol–water partition coefficient (Wildman–Crippen LogP) is 2.71. The molecule has 0 aliphatic carbocycles. The first kappa shape index (κ1) is 14.9. The van der Waals surface area contributed by atoms with Crippen LogP contribution in [0.2, 0.25) is 0 Å². The SMILES string of the molecule is Cn1nccc1C1(C)CCN(C(=O)OC(C)(C)C)CC1. The number of likely N-dealkylation sites (tertiary alicyclic amines) is 1. The van der Waals surface area contributed by atoms with Crippen LogP contribution in [0.4, 0.5) is 4.79 Å². The molecule has 0 unspecified atom stereocenters. The maximum atomic E-state index is 12.1. The van der Waals surface area contributed by atoms with Gasteiger partial charge in [0.05, 0.1) is 0 Å². The van der Waals surface area contributed by atoms with Gasteiger partial charge in [-0.25, -0.2) is 4.79 Å². The van der Waals surface area contributed by atoms with E-state index in [0.717, 1.165) is 25.9 Å². The Morgan fingerprint density at radius 1 is 1.35 bits per heavy atom. The van der Waals surface area contributed by atoms with Gasteiger partial charge < -0.3 is 9.64 Å². The number of hydrogen-bond acceptors (Lipinski definition) is 3. The van der Waals surface area contributed by atoms with Gasteiger partial charge in [0.2, 0.25) is 0 Å². The van der Waals surface area contributed by atoms with Gasteiger partial charge in [0.15, 0.2) is 0 Å². The van der Waals surface area contributed by atoms with E-state index in [-0.39, 0.29) is 11.5 Å². The predicted molar refractivity (Wildman–Crippen MR) is 77.6 cm³/mol. The van der Waals surface area contributed by atoms with Crippen LogP contribution in [-0.2, 0) is 17.2 Å². The molecule has 0 bridgehead atoms. The Balaban J connectivity index is 1.99. The highest BCUT2D eigenvalue weighted by molar-refractivity contribution is 5.68. The van der Waals surface area contributed by atoms with Gasteiger partial charge in [-0.3, -0.25) is 4.68 Å². The lowest BCUT2D eigenvalue weighted by molar-refractivity contribution is 0.0168. The minimum atomic E-state index is -0.431. The van der Waals surface area contributed by atoms with E-state index in [1.807, 2.05) is 43.6 Å². The third-order valence-electron chi connectivity index (χ3n) is 3.96. The van der Waals surface area contributed by atoms with E-state index >= 15 is 0 Å². The molecule has 5 nitrogen and oxygen atoms in total. The van der Waals surface area contributed by atoms with Gasteiger partial charge in [-0.15, -0.1) is 0 Å². The van der Waals surface area contributed by atoms with Crippen molar-refractivity contribution in [3.05, 3.63) is 18.0 Å². The Labute approximate surface area is 120 Å². The van der Waals surface area contributed by atoms with E-state index in [9.17, 15) is 4.79 Å². The highest BCUT2D eigenvalue weighted by Crippen LogP contribution is 2.34. The first-order valence-corrected chi connectivity index (χ1v) is 7.18. The Morgan fingerprint density at radius 2 is 1.95 bits per heavy atom. The van der Waals surface area contributed by atoms with Crippen LogP contribution in [-0.4, -0.2) is 39.5 Å². The number of aryl methyl sites for hydroxylation is 1. The highest BCUT2D eigenvalue weighted by atomic mass is 16.6. The lowest BCUT2D eigenvalue weighted by Crippen LogP contribution is -2.46. The second-order valence-electron chi connectivity index (χ2n) is 6.87. The number of rotatable bonds is 1. The number of nitrogens with zero attached hydrogens (tertiary/aromatic N) is 3. The second kappa shape index (κ2) is 5.11. The Hall–Kier alpha value is -1.52. The Kier molecular flexibility index (Phi) is 3.80. The van der Waals surface area contributed by atoms with Crippen molar-refractivity contribution >= 4 is 6.09 Å². The Morgan fingerprint density at radius 3 is 2.40 bits per heavy atom. The fraction of sp³-hybridized carbons (Fsp3) is 0.733. The molecule has 2 rings (SSSR count). The third kappa shape index (κ3) is 3.14. The number of carbonyl (C=O) groups is 1. The topological polar surface area (TPSA) is 47.4 Å². The summed E-state index contributed by atoms with van der Waals surface area (Å²) in [7, 11) is 1.97. The molecule has 5 heteroatoms. The normalized spacial score (nSPS) is 18.9. The van der Waals surface area contributed by atoms with Gasteiger partial charge in [-0.05, 0) is 39.7 Å². The number of carbonyl (C=O) groups excluding carboxylic acids is 1. The number of amides is 1. The van der Waals surface area contributed by atoms with E-state index in [0.29, 0.717) is 0 Å². The van der Waals surface area contributed by atoms with Crippen LogP contribution < -0.4 is 0 Å². The summed E-state index contributed by atoms with van der Waals surface area (Å²) in [5.41, 5.74) is 0.894. The molecule has 0 N–H and O–H groups in total. The standard InChI is InChI=1S/C15H25N3O2/c1-14(2,3)20-13(19)18-10-7-15(4,8-11-18)12-6-9-16-17(12)5/h6,9H,7-8,10-11H2,1-5H3. The van der Waals surface area contributed by atoms with Crippen molar-refractivity contribution in [1.29, 1.82) is 0 Å². The highest BCUT2D eigenvalue weighted by Gasteiger charge is 2.36. The van der Waals surface area contributed by atoms with Crippen molar-refractivity contribution in [2.45, 2.75) is 51.6 Å². The average molecular weight is 279 g/mol. The lowest BCUT2D eigenvalue weighted by atomic mass is 9.77. The molecule has 0 atom stereocenters. The van der Waals surface area contributed by atoms with Crippen LogP contribution in [0, 0.1) is 0 Å². The van der Waals surface area contributed by atoms with E-state index in [4.69, 9.17) is 4.74 Å². The van der Waals surface area contributed by atoms with Crippen molar-refractivity contribution in [2.75, 3.05) is 13.1 Å². The second-order valence-corrected chi connectivity index (χ2v) is 6.87. The molecular formula is C15H25N3O2. The third-order valence-corrected chi connectivity index (χ3v) is 3.96. The van der Waals surface area contributed by atoms with Crippen LogP contribution in [0.3, 0.4) is 0 Å². The van der Waals surface area contributed by atoms with Gasteiger partial charge in [0, 0.05) is 37.4 Å². The fourth-order valence-corrected chi connectivity index (χ4v) is 2.73. The Bertz CT molecular complexity index is 480. The molecular weight excluding hydrogens is 254 g/mol. The fourth-order valence-electron chi connectivity index (χ4n) is 2.73. The summed E-state index contributed by atoms with van der Waals surface area (Å²) >= 11 is 0. The molecule has 0 saturated carbocycles. The molecule has 1 fully saturated rings. The quantitative estimate of drug-likeness (QED) is 0.794. The van der Waals surface area contributed by atoms with Crippen molar-refractivity contribution in [2.24, 2.45) is 7.05 Å². The van der Waals surface area contributed by atoms with Crippen LogP contribution in [0.5, 0.6) is 0 Å². The number of ether oxygens (including phenoxy) is 1. The molecule has 2 heterocycles. The number of aromatic nitrogens is 2. The monoisotopic (exact) mass is 279 g/mol. The molecule has 1 aliphatic rings. The summed E-state index contributed by atoms with van der Waals surface area (Å²) in [6, 6.07) is 2.07. The minimum absolute atomic E-state index is 0.0871. The largest absolute Gasteiger partial charge is 0.444 e. The number of hydrogen-bond donors (Lipinski definition) is 0. The van der Waals surface area contributed by atoms with Crippen molar-refractivity contribution in [1.82, 2.24) is 14.7 Å². The summed E-state index contributed by atoms with van der Waals surface area (Å²) in [5, 5.41) is 4.25. The van der Waals surface area contributed by atoms with Crippen LogP contribution >= 0.6 is 0 Å². The van der Waals surface area contributed by atoms with Crippen LogP contribution in [0.15, 0.2) is 12.3 Å². The molecule has 20 heavy (non-hydrogen) atoms. The molecule has 112 valence electrons. The summed E-state index contributed by atoms with van der Waals surface area (Å²) in [6.07, 6.45) is 3.50. The van der Waals surface area contributed by atoms with Gasteiger partial charge in [0.25, 0.3) is 0 Å². The van der Waals surface area contributed by atoms with E-state index < -0.39 is 5.60 Å². The summed E-state index contributed by atoms with van der Waals surface area (Å²) in [6.45, 7) is 9.40. The van der Waals surface area contributed by atoms with Crippen molar-refractivity contribution in [3.63, 3.8) is 0 Å². The van der Waals surface area contributed by atoms with E-state index in [2.05, 4.69) is 18.1 Å². The molecule has 1 aliphatic heterocycles. The first-order chi connectivity index (χ1) is 9.21. The van der Waals surface area contributed by atoms with Crippen LogP contribution in [0.1, 0.15) is 46.2 Å². The summed E-state index contributed by atoms with van der Waals surface area (Å²) in [4.78, 5) is 13.9. The maximum absolute atomic E-state index is 12.1. The van der Waals surface area contributed by atoms with E-state index in [1.165, 1.54) is 5.69 Å². The summed E-state index contributed by atoms with van der Waals surface area (Å²) in [5.74, 6) is 0. The molecule has 1 saturated heterocycles. The average Bonchev–Trinajstić information content (AvgIpc) is 2.74. The van der Waals surface area contributed by atoms with Gasteiger partial charge >= 0.3 is 6.09 Å².